The number of carbonyl (C=O) groups is 6. The summed E-state index contributed by atoms with van der Waals surface area (Å²) in [7, 11) is 0. The van der Waals surface area contributed by atoms with Gasteiger partial charge in [-0.25, -0.2) is 19.3 Å². The number of rotatable bonds is 52. The van der Waals surface area contributed by atoms with E-state index in [9.17, 15) is 44.7 Å². The van der Waals surface area contributed by atoms with E-state index in [4.69, 9.17) is 35.2 Å². The second-order valence-electron chi connectivity index (χ2n) is 27.6. The van der Waals surface area contributed by atoms with Crippen molar-refractivity contribution in [2.45, 2.75) is 333 Å². The van der Waals surface area contributed by atoms with E-state index in [1.165, 1.54) is 103 Å². The highest BCUT2D eigenvalue weighted by Gasteiger charge is 2.50. The molecule has 1 aromatic rings. The predicted molar refractivity (Wildman–Crippen MR) is 370 cm³/mol. The van der Waals surface area contributed by atoms with Crippen molar-refractivity contribution in [1.82, 2.24) is 20.9 Å². The quantitative estimate of drug-likeness (QED) is 0.00952. The van der Waals surface area contributed by atoms with Gasteiger partial charge in [-0.15, -0.1) is 11.8 Å². The molecule has 12 N–H and O–H groups in total. The Bertz CT molecular complexity index is 2370. The van der Waals surface area contributed by atoms with Gasteiger partial charge in [0.05, 0.1) is 25.9 Å². The number of hydrogen-bond acceptors (Lipinski definition) is 17. The van der Waals surface area contributed by atoms with Crippen LogP contribution in [0.2, 0.25) is 0 Å². The van der Waals surface area contributed by atoms with Gasteiger partial charge in [0.2, 0.25) is 5.91 Å². The third kappa shape index (κ3) is 32.6. The van der Waals surface area contributed by atoms with Crippen molar-refractivity contribution in [3.8, 4) is 11.8 Å². The average molecular weight is 1360 g/mol. The number of alkyl carbamates (subject to hydrolysis) is 1. The maximum absolute atomic E-state index is 15.8. The molecule has 0 aromatic heterocycles. The van der Waals surface area contributed by atoms with Crippen LogP contribution in [-0.2, 0) is 44.7 Å². The first-order valence-electron chi connectivity index (χ1n) is 37.3. The molecule has 12 atom stereocenters. The van der Waals surface area contributed by atoms with Crippen LogP contribution in [0.5, 0.6) is 0 Å². The zero-order chi connectivity index (χ0) is 69.9. The molecule has 548 valence electrons. The Morgan fingerprint density at radius 3 is 1.67 bits per heavy atom. The van der Waals surface area contributed by atoms with Crippen molar-refractivity contribution < 1.29 is 78.0 Å². The van der Waals surface area contributed by atoms with Crippen LogP contribution in [-0.4, -0.2) is 154 Å². The van der Waals surface area contributed by atoms with Crippen molar-refractivity contribution in [2.24, 2.45) is 29.4 Å². The number of unbranched alkanes of at least 4 members (excludes halogenated alkanes) is 27. The van der Waals surface area contributed by atoms with Crippen LogP contribution in [0, 0.1) is 35.5 Å². The number of esters is 1. The highest BCUT2D eigenvalue weighted by molar-refractivity contribution is 5.98. The lowest BCUT2D eigenvalue weighted by molar-refractivity contribution is -0.304. The van der Waals surface area contributed by atoms with Crippen LogP contribution in [0.3, 0.4) is 0 Å². The molecule has 2 unspecified atom stereocenters. The number of aliphatic hydroxyl groups is 5. The molecule has 1 heterocycles. The van der Waals surface area contributed by atoms with Crippen molar-refractivity contribution in [3.05, 3.63) is 29.8 Å². The second-order valence-corrected chi connectivity index (χ2v) is 27.6. The third-order valence-corrected chi connectivity index (χ3v) is 19.3. The highest BCUT2D eigenvalue weighted by atomic mass is 16.7. The number of nitrogens with zero attached hydrogens (tertiary/aromatic N) is 1. The van der Waals surface area contributed by atoms with Gasteiger partial charge in [0.1, 0.15) is 55.3 Å². The maximum atomic E-state index is 15.8. The van der Waals surface area contributed by atoms with Crippen LogP contribution >= 0.6 is 0 Å². The molecule has 3 aliphatic rings. The number of aliphatic hydroxyl groups excluding tert-OH is 5. The zero-order valence-corrected chi connectivity index (χ0v) is 58.9. The van der Waals surface area contributed by atoms with Crippen molar-refractivity contribution in [2.75, 3.05) is 32.1 Å². The number of amides is 6. The fraction of sp³-hybridized carbons (Fsp3) is 0.811. The molecule has 1 aromatic carbocycles. The smallest absolute Gasteiger partial charge is 0.417 e. The van der Waals surface area contributed by atoms with Crippen LogP contribution < -0.4 is 27.4 Å². The summed E-state index contributed by atoms with van der Waals surface area (Å²) in [5.74, 6) is 4.06. The van der Waals surface area contributed by atoms with Crippen LogP contribution in [0.1, 0.15) is 271 Å². The molecule has 22 nitrogen and oxygen atoms in total. The first-order valence-corrected chi connectivity index (χ1v) is 37.3. The number of carbonyl (C=O) groups excluding carboxylic acids is 6. The van der Waals surface area contributed by atoms with E-state index in [-0.39, 0.29) is 44.8 Å². The van der Waals surface area contributed by atoms with Crippen molar-refractivity contribution in [3.63, 3.8) is 0 Å². The SMILES string of the molecule is CCCCCCCCCCCCCCCCCCCC(=O)O[C@H](CCCCCCCCCCCCCC)[C@@H](O)[C@H](CO[C@H]1O[C@H](CO)[C@H](O)[C@H](O)[C@H]1O)N(C(=O)OCc1ccc(N)cc1)C(=O)[C@H](CCCNC(N)=O)NC(=O)[C@@H](NC(=O)OCC1C2CCC#CCCC21)C(C)C. The molecule has 0 spiro atoms. The van der Waals surface area contributed by atoms with Crippen LogP contribution in [0.25, 0.3) is 0 Å². The lowest BCUT2D eigenvalue weighted by Crippen LogP contribution is -2.63. The molecule has 0 bridgehead atoms. The summed E-state index contributed by atoms with van der Waals surface area (Å²) in [6.45, 7) is 5.70. The summed E-state index contributed by atoms with van der Waals surface area (Å²) in [5, 5.41) is 63.9. The van der Waals surface area contributed by atoms with E-state index in [0.29, 0.717) is 47.2 Å². The Labute approximate surface area is 574 Å². The molecule has 22 heteroatoms. The van der Waals surface area contributed by atoms with E-state index in [1.807, 2.05) is 0 Å². The monoisotopic (exact) mass is 1350 g/mol. The number of hydrogen-bond donors (Lipinski definition) is 10. The number of ether oxygens (including phenoxy) is 5. The normalized spacial score (nSPS) is 21.4. The summed E-state index contributed by atoms with van der Waals surface area (Å²) in [6, 6.07) is 0.620. The number of primary amides is 1. The van der Waals surface area contributed by atoms with Crippen LogP contribution in [0.4, 0.5) is 20.1 Å². The van der Waals surface area contributed by atoms with Gasteiger partial charge >= 0.3 is 24.2 Å². The fourth-order valence-corrected chi connectivity index (χ4v) is 13.3. The molecule has 96 heavy (non-hydrogen) atoms. The van der Waals surface area contributed by atoms with Crippen molar-refractivity contribution >= 4 is 41.7 Å². The molecule has 1 aliphatic heterocycles. The number of imide groups is 1. The van der Waals surface area contributed by atoms with Crippen LogP contribution in [0.15, 0.2) is 24.3 Å². The largest absolute Gasteiger partial charge is 0.460 e. The number of nitrogens with one attached hydrogen (secondary N) is 3. The molecule has 6 amide bonds. The minimum atomic E-state index is -1.97. The molecule has 2 aliphatic carbocycles. The Morgan fingerprint density at radius 2 is 1.17 bits per heavy atom. The molecular formula is C74H126N6O16. The minimum absolute atomic E-state index is 0.0155. The summed E-state index contributed by atoms with van der Waals surface area (Å²) in [6.07, 6.45) is 20.8. The van der Waals surface area contributed by atoms with Crippen molar-refractivity contribution in [1.29, 1.82) is 0 Å². The minimum Gasteiger partial charge on any atom is -0.460 e. The van der Waals surface area contributed by atoms with E-state index in [0.717, 1.165) is 89.9 Å². The number of benzene rings is 1. The van der Waals surface area contributed by atoms with E-state index < -0.39 is 123 Å². The summed E-state index contributed by atoms with van der Waals surface area (Å²) in [4.78, 5) is 85.9. The Balaban J connectivity index is 1.65. The standard InChI is InChI=1S/C74H126N6O16/c1-5-7-9-11-13-15-17-19-20-21-22-23-25-27-29-31-37-43-63(82)95-61(42-36-30-28-26-24-18-16-14-12-10-8-6-2)65(83)60(52-92-71-68(86)67(85)66(84)62(49-81)96-71)80(74(91)94-50-54-44-46-55(75)47-45-54)70(88)59(41-38-48-77-72(76)89)78-69(87)64(53(3)4)79-73(90)93-51-58-56-39-34-32-33-35-40-57(56)58/h44-47,53,56-62,64-68,71,81,83-86H,5-31,34-43,48-52,75H2,1-4H3,(H,78,87)(H,79,90)(H3,76,77,89)/t56?,57?,58?,59-,60-,61+,62+,64-,65-,66-,67-,68+,71-/m0/s1. The molecule has 0 radical (unpaired) electrons. The Hall–Kier alpha value is -5.28. The van der Waals surface area contributed by atoms with Gasteiger partial charge in [-0.3, -0.25) is 14.4 Å². The van der Waals surface area contributed by atoms with Gasteiger partial charge in [-0.1, -0.05) is 213 Å². The van der Waals surface area contributed by atoms with E-state index >= 15 is 9.59 Å². The number of nitrogens with two attached hydrogens (primary N) is 2. The van der Waals surface area contributed by atoms with Gasteiger partial charge in [-0.2, -0.15) is 0 Å². The predicted octanol–water partition coefficient (Wildman–Crippen LogP) is 11.4. The Kier molecular flexibility index (Phi) is 42.7. The van der Waals surface area contributed by atoms with Gasteiger partial charge in [-0.05, 0) is 86.3 Å². The molecule has 1 saturated carbocycles. The van der Waals surface area contributed by atoms with Gasteiger partial charge in [0.15, 0.2) is 6.29 Å². The zero-order valence-electron chi connectivity index (χ0n) is 58.9. The topological polar surface area (TPSA) is 341 Å². The third-order valence-electron chi connectivity index (χ3n) is 19.3. The lowest BCUT2D eigenvalue weighted by Gasteiger charge is -2.41. The molecule has 4 rings (SSSR count). The average Bonchev–Trinajstić information content (AvgIpc) is 1.54. The molecular weight excluding hydrogens is 1230 g/mol. The van der Waals surface area contributed by atoms with E-state index in [2.05, 4.69) is 41.6 Å². The summed E-state index contributed by atoms with van der Waals surface area (Å²) >= 11 is 0. The first kappa shape index (κ1) is 83.1. The Morgan fingerprint density at radius 1 is 0.656 bits per heavy atom. The fourth-order valence-electron chi connectivity index (χ4n) is 13.3. The summed E-state index contributed by atoms with van der Waals surface area (Å²) in [5.41, 5.74) is 12.3. The maximum Gasteiger partial charge on any atom is 0.417 e. The lowest BCUT2D eigenvalue weighted by atomic mass is 9.96. The van der Waals surface area contributed by atoms with E-state index in [1.54, 1.807) is 38.1 Å². The highest BCUT2D eigenvalue weighted by Crippen LogP contribution is 2.52. The second kappa shape index (κ2) is 49.3. The van der Waals surface area contributed by atoms with Gasteiger partial charge in [0, 0.05) is 31.5 Å². The number of fused-ring (bicyclic) bond motifs is 1. The molecule has 1 saturated heterocycles. The molecule has 2 fully saturated rings. The first-order chi connectivity index (χ1) is 46.4. The number of nitrogen functional groups attached to an aromatic ring is 1. The van der Waals surface area contributed by atoms with Gasteiger partial charge in [0.25, 0.3) is 5.91 Å². The summed E-state index contributed by atoms with van der Waals surface area (Å²) < 4.78 is 29.7. The number of anilines is 1. The van der Waals surface area contributed by atoms with Gasteiger partial charge < -0.3 is 76.6 Å². The number of urea groups is 1.